The fourth-order valence-electron chi connectivity index (χ4n) is 1.39. The quantitative estimate of drug-likeness (QED) is 0.725. The van der Waals surface area contributed by atoms with Gasteiger partial charge in [0.2, 0.25) is 0 Å². The van der Waals surface area contributed by atoms with Crippen LogP contribution in [0.25, 0.3) is 5.57 Å². The summed E-state index contributed by atoms with van der Waals surface area (Å²) in [6.45, 7) is 4.85. The maximum absolute atomic E-state index is 5.46. The Morgan fingerprint density at radius 3 is 2.93 bits per heavy atom. The zero-order valence-corrected chi connectivity index (χ0v) is 10.9. The van der Waals surface area contributed by atoms with E-state index < -0.39 is 0 Å². The van der Waals surface area contributed by atoms with Crippen molar-refractivity contribution < 1.29 is 4.74 Å². The van der Waals surface area contributed by atoms with Crippen molar-refractivity contribution in [3.63, 3.8) is 0 Å². The maximum atomic E-state index is 5.46. The molecule has 0 aromatic heterocycles. The van der Waals surface area contributed by atoms with Crippen molar-refractivity contribution in [2.45, 2.75) is 20.3 Å². The van der Waals surface area contributed by atoms with Crippen LogP contribution in [0, 0.1) is 0 Å². The van der Waals surface area contributed by atoms with Crippen LogP contribution >= 0.6 is 15.9 Å². The van der Waals surface area contributed by atoms with E-state index in [-0.39, 0.29) is 0 Å². The summed E-state index contributed by atoms with van der Waals surface area (Å²) in [6, 6.07) is 8.22. The van der Waals surface area contributed by atoms with Gasteiger partial charge in [0.1, 0.15) is 5.75 Å². The smallest absolute Gasteiger partial charge is 0.119 e. The van der Waals surface area contributed by atoms with E-state index in [0.29, 0.717) is 6.61 Å². The molecule has 82 valence electrons. The van der Waals surface area contributed by atoms with Gasteiger partial charge in [0.15, 0.2) is 0 Å². The number of halogens is 1. The Balaban J connectivity index is 2.80. The molecular formula is C13H17BrO. The predicted octanol–water partition coefficient (Wildman–Crippen LogP) is 4.27. The molecule has 1 aromatic rings. The minimum Gasteiger partial charge on any atom is -0.494 e. The molecule has 0 aliphatic carbocycles. The summed E-state index contributed by atoms with van der Waals surface area (Å²) in [5.74, 6) is 0.946. The lowest BCUT2D eigenvalue weighted by atomic mass is 10.1. The summed E-state index contributed by atoms with van der Waals surface area (Å²) in [4.78, 5) is 0. The third-order valence-electron chi connectivity index (χ3n) is 2.16. The molecule has 0 atom stereocenters. The Bertz CT molecular complexity index is 331. The van der Waals surface area contributed by atoms with Crippen molar-refractivity contribution in [3.8, 4) is 5.75 Å². The van der Waals surface area contributed by atoms with Crippen LogP contribution in [-0.2, 0) is 0 Å². The molecule has 0 fully saturated rings. The van der Waals surface area contributed by atoms with Crippen LogP contribution in [0.1, 0.15) is 25.8 Å². The first-order valence-electron chi connectivity index (χ1n) is 5.24. The lowest BCUT2D eigenvalue weighted by molar-refractivity contribution is 0.340. The first-order chi connectivity index (χ1) is 7.27. The van der Waals surface area contributed by atoms with Crippen molar-refractivity contribution in [2.75, 3.05) is 11.9 Å². The second kappa shape index (κ2) is 6.67. The van der Waals surface area contributed by atoms with E-state index in [2.05, 4.69) is 41.1 Å². The van der Waals surface area contributed by atoms with Crippen LogP contribution in [-0.4, -0.2) is 11.9 Å². The maximum Gasteiger partial charge on any atom is 0.119 e. The Hall–Kier alpha value is -0.760. The van der Waals surface area contributed by atoms with Gasteiger partial charge in [-0.15, -0.1) is 0 Å². The number of benzene rings is 1. The first kappa shape index (κ1) is 12.3. The largest absolute Gasteiger partial charge is 0.494 e. The zero-order valence-electron chi connectivity index (χ0n) is 9.29. The van der Waals surface area contributed by atoms with Gasteiger partial charge in [0, 0.05) is 5.33 Å². The molecule has 0 aliphatic heterocycles. The van der Waals surface area contributed by atoms with Crippen molar-refractivity contribution in [1.29, 1.82) is 0 Å². The fourth-order valence-corrected chi connectivity index (χ4v) is 1.62. The summed E-state index contributed by atoms with van der Waals surface area (Å²) < 4.78 is 5.46. The van der Waals surface area contributed by atoms with Crippen LogP contribution in [0.2, 0.25) is 0 Å². The summed E-state index contributed by atoms with van der Waals surface area (Å²) in [6.07, 6.45) is 3.30. The minimum absolute atomic E-state index is 0.716. The second-order valence-electron chi connectivity index (χ2n) is 3.33. The van der Waals surface area contributed by atoms with Gasteiger partial charge in [-0.1, -0.05) is 34.1 Å². The lowest BCUT2D eigenvalue weighted by Crippen LogP contribution is -1.91. The highest BCUT2D eigenvalue weighted by Gasteiger charge is 1.97. The SMILES string of the molecule is CCOc1cccc(C(C)=CCCBr)c1. The van der Waals surface area contributed by atoms with Crippen LogP contribution in [0.15, 0.2) is 30.3 Å². The first-order valence-corrected chi connectivity index (χ1v) is 6.36. The van der Waals surface area contributed by atoms with Crippen LogP contribution in [0.5, 0.6) is 5.75 Å². The zero-order chi connectivity index (χ0) is 11.1. The molecule has 0 bridgehead atoms. The van der Waals surface area contributed by atoms with E-state index in [1.165, 1.54) is 11.1 Å². The molecule has 0 heterocycles. The molecule has 1 nitrogen and oxygen atoms in total. The molecule has 15 heavy (non-hydrogen) atoms. The molecule has 0 saturated heterocycles. The molecule has 0 aliphatic rings. The van der Waals surface area contributed by atoms with Crippen LogP contribution in [0.4, 0.5) is 0 Å². The molecule has 0 radical (unpaired) electrons. The molecule has 0 unspecified atom stereocenters. The summed E-state index contributed by atoms with van der Waals surface area (Å²) >= 11 is 3.42. The third kappa shape index (κ3) is 4.08. The molecule has 0 spiro atoms. The van der Waals surface area contributed by atoms with E-state index in [1.807, 2.05) is 19.1 Å². The van der Waals surface area contributed by atoms with E-state index in [0.717, 1.165) is 17.5 Å². The van der Waals surface area contributed by atoms with Crippen LogP contribution < -0.4 is 4.74 Å². The number of hydrogen-bond acceptors (Lipinski definition) is 1. The van der Waals surface area contributed by atoms with Gasteiger partial charge in [-0.25, -0.2) is 0 Å². The van der Waals surface area contributed by atoms with E-state index in [1.54, 1.807) is 0 Å². The van der Waals surface area contributed by atoms with Gasteiger partial charge >= 0.3 is 0 Å². The van der Waals surface area contributed by atoms with Crippen LogP contribution in [0.3, 0.4) is 0 Å². The summed E-state index contributed by atoms with van der Waals surface area (Å²) in [5.41, 5.74) is 2.54. The molecule has 2 heteroatoms. The average Bonchev–Trinajstić information content (AvgIpc) is 2.27. The molecular weight excluding hydrogens is 252 g/mol. The predicted molar refractivity (Wildman–Crippen MR) is 69.7 cm³/mol. The minimum atomic E-state index is 0.716. The number of alkyl halides is 1. The summed E-state index contributed by atoms with van der Waals surface area (Å²) in [5, 5.41) is 1.01. The highest BCUT2D eigenvalue weighted by molar-refractivity contribution is 9.09. The third-order valence-corrected chi connectivity index (χ3v) is 2.62. The molecule has 0 N–H and O–H groups in total. The van der Waals surface area contributed by atoms with E-state index in [9.17, 15) is 0 Å². The topological polar surface area (TPSA) is 9.23 Å². The van der Waals surface area contributed by atoms with Gasteiger partial charge in [0.25, 0.3) is 0 Å². The normalized spacial score (nSPS) is 11.5. The van der Waals surface area contributed by atoms with Crippen molar-refractivity contribution in [2.24, 2.45) is 0 Å². The Labute approximate surface area is 100 Å². The fraction of sp³-hybridized carbons (Fsp3) is 0.385. The van der Waals surface area contributed by atoms with E-state index >= 15 is 0 Å². The average molecular weight is 269 g/mol. The Morgan fingerprint density at radius 2 is 2.27 bits per heavy atom. The number of hydrogen-bond donors (Lipinski definition) is 0. The van der Waals surface area contributed by atoms with Gasteiger partial charge < -0.3 is 4.74 Å². The Morgan fingerprint density at radius 1 is 1.47 bits per heavy atom. The van der Waals surface area contributed by atoms with Gasteiger partial charge in [-0.3, -0.25) is 0 Å². The van der Waals surface area contributed by atoms with Gasteiger partial charge in [-0.05, 0) is 43.5 Å². The molecule has 0 amide bonds. The van der Waals surface area contributed by atoms with Crippen molar-refractivity contribution in [3.05, 3.63) is 35.9 Å². The highest BCUT2D eigenvalue weighted by Crippen LogP contribution is 2.20. The number of rotatable bonds is 5. The standard InChI is InChI=1S/C13H17BrO/c1-3-15-13-8-4-7-12(10-13)11(2)6-5-9-14/h4,6-8,10H,3,5,9H2,1-2H3. The molecule has 1 rings (SSSR count). The van der Waals surface area contributed by atoms with Gasteiger partial charge in [-0.2, -0.15) is 0 Å². The second-order valence-corrected chi connectivity index (χ2v) is 4.12. The number of allylic oxidation sites excluding steroid dienone is 2. The molecule has 1 aromatic carbocycles. The highest BCUT2D eigenvalue weighted by atomic mass is 79.9. The summed E-state index contributed by atoms with van der Waals surface area (Å²) in [7, 11) is 0. The van der Waals surface area contributed by atoms with Crippen molar-refractivity contribution >= 4 is 21.5 Å². The molecule has 0 saturated carbocycles. The van der Waals surface area contributed by atoms with E-state index in [4.69, 9.17) is 4.74 Å². The van der Waals surface area contributed by atoms with Gasteiger partial charge in [0.05, 0.1) is 6.61 Å². The monoisotopic (exact) mass is 268 g/mol. The Kier molecular flexibility index (Phi) is 5.48. The lowest BCUT2D eigenvalue weighted by Gasteiger charge is -2.06. The number of ether oxygens (including phenoxy) is 1. The van der Waals surface area contributed by atoms with Crippen molar-refractivity contribution in [1.82, 2.24) is 0 Å².